The van der Waals surface area contributed by atoms with Gasteiger partial charge in [-0.1, -0.05) is 18.2 Å². The molecule has 0 saturated carbocycles. The zero-order chi connectivity index (χ0) is 12.1. The predicted octanol–water partition coefficient (Wildman–Crippen LogP) is 2.56. The van der Waals surface area contributed by atoms with Gasteiger partial charge in [-0.15, -0.1) is 6.58 Å². The van der Waals surface area contributed by atoms with Gasteiger partial charge in [0.2, 0.25) is 0 Å². The molecule has 0 amide bonds. The number of anilines is 1. The van der Waals surface area contributed by atoms with Crippen LogP contribution in [0.15, 0.2) is 36.9 Å². The second-order valence-corrected chi connectivity index (χ2v) is 3.68. The maximum Gasteiger partial charge on any atom is 0.257 e. The number of allylic oxidation sites excluding steroid dienone is 1. The van der Waals surface area contributed by atoms with Crippen molar-refractivity contribution in [1.29, 1.82) is 0 Å². The number of ether oxygens (including phenoxy) is 1. The Kier molecular flexibility index (Phi) is 3.55. The molecular formula is C13H15N3O. The van der Waals surface area contributed by atoms with Crippen molar-refractivity contribution in [2.75, 3.05) is 12.3 Å². The van der Waals surface area contributed by atoms with Gasteiger partial charge in [-0.05, 0) is 25.0 Å². The van der Waals surface area contributed by atoms with E-state index in [1.165, 1.54) is 0 Å². The van der Waals surface area contributed by atoms with E-state index in [0.717, 1.165) is 23.9 Å². The second kappa shape index (κ2) is 5.30. The fourth-order valence-corrected chi connectivity index (χ4v) is 1.50. The quantitative estimate of drug-likeness (QED) is 0.632. The highest BCUT2D eigenvalue weighted by atomic mass is 16.5. The van der Waals surface area contributed by atoms with Crippen molar-refractivity contribution in [3.05, 3.63) is 36.9 Å². The molecule has 17 heavy (non-hydrogen) atoms. The number of hydrogen-bond donors (Lipinski definition) is 1. The first-order valence-corrected chi connectivity index (χ1v) is 5.57. The maximum absolute atomic E-state index is 5.78. The third kappa shape index (κ3) is 2.72. The Morgan fingerprint density at radius 3 is 2.65 bits per heavy atom. The van der Waals surface area contributed by atoms with Crippen LogP contribution in [0.3, 0.4) is 0 Å². The number of nitrogen functional groups attached to an aromatic ring is 1. The molecule has 88 valence electrons. The van der Waals surface area contributed by atoms with Gasteiger partial charge < -0.3 is 10.5 Å². The molecule has 0 aliphatic rings. The summed E-state index contributed by atoms with van der Waals surface area (Å²) in [6, 6.07) is 7.58. The van der Waals surface area contributed by atoms with E-state index in [9.17, 15) is 0 Å². The van der Waals surface area contributed by atoms with Gasteiger partial charge in [-0.3, -0.25) is 0 Å². The highest BCUT2D eigenvalue weighted by Gasteiger charge is 2.06. The number of nitrogens with two attached hydrogens (primary N) is 1. The smallest absolute Gasteiger partial charge is 0.257 e. The molecule has 2 rings (SSSR count). The van der Waals surface area contributed by atoms with E-state index >= 15 is 0 Å². The van der Waals surface area contributed by atoms with Crippen LogP contribution in [0.25, 0.3) is 11.0 Å². The van der Waals surface area contributed by atoms with E-state index in [1.807, 2.05) is 30.3 Å². The summed E-state index contributed by atoms with van der Waals surface area (Å²) in [5.74, 6) is 0.745. The lowest BCUT2D eigenvalue weighted by Crippen LogP contribution is -2.04. The number of hydrogen-bond acceptors (Lipinski definition) is 4. The van der Waals surface area contributed by atoms with Crippen LogP contribution in [0.2, 0.25) is 0 Å². The van der Waals surface area contributed by atoms with Crippen LogP contribution < -0.4 is 10.5 Å². The molecule has 4 heteroatoms. The van der Waals surface area contributed by atoms with Crippen LogP contribution in [-0.4, -0.2) is 16.6 Å². The molecule has 1 aromatic heterocycles. The topological polar surface area (TPSA) is 61.0 Å². The summed E-state index contributed by atoms with van der Waals surface area (Å²) in [5, 5.41) is 0. The van der Waals surface area contributed by atoms with E-state index in [1.54, 1.807) is 0 Å². The average Bonchev–Trinajstić information content (AvgIpc) is 2.35. The van der Waals surface area contributed by atoms with E-state index in [2.05, 4.69) is 16.5 Å². The van der Waals surface area contributed by atoms with Crippen molar-refractivity contribution in [3.63, 3.8) is 0 Å². The molecule has 0 atom stereocenters. The molecule has 2 aromatic rings. The number of benzene rings is 1. The fraction of sp³-hybridized carbons (Fsp3) is 0.231. The zero-order valence-electron chi connectivity index (χ0n) is 9.60. The number of para-hydroxylation sites is 2. The Morgan fingerprint density at radius 2 is 1.94 bits per heavy atom. The molecule has 0 fully saturated rings. The molecule has 0 unspecified atom stereocenters. The number of fused-ring (bicyclic) bond motifs is 1. The van der Waals surface area contributed by atoms with Gasteiger partial charge in [0.1, 0.15) is 0 Å². The zero-order valence-corrected chi connectivity index (χ0v) is 9.60. The van der Waals surface area contributed by atoms with Crippen LogP contribution >= 0.6 is 0 Å². The molecule has 1 heterocycles. The summed E-state index contributed by atoms with van der Waals surface area (Å²) >= 11 is 0. The average molecular weight is 229 g/mol. The summed E-state index contributed by atoms with van der Waals surface area (Å²) < 4.78 is 5.50. The molecule has 0 aliphatic carbocycles. The van der Waals surface area contributed by atoms with Crippen LogP contribution in [0.1, 0.15) is 12.8 Å². The summed E-state index contributed by atoms with van der Waals surface area (Å²) in [6.07, 6.45) is 3.68. The molecule has 1 aromatic carbocycles. The van der Waals surface area contributed by atoms with Gasteiger partial charge in [0.25, 0.3) is 5.88 Å². The second-order valence-electron chi connectivity index (χ2n) is 3.68. The Hall–Kier alpha value is -2.10. The minimum atomic E-state index is 0.335. The van der Waals surface area contributed by atoms with Crippen LogP contribution in [0, 0.1) is 0 Å². The normalized spacial score (nSPS) is 10.4. The largest absolute Gasteiger partial charge is 0.475 e. The molecule has 0 radical (unpaired) electrons. The van der Waals surface area contributed by atoms with Crippen molar-refractivity contribution >= 4 is 16.9 Å². The highest BCUT2D eigenvalue weighted by Crippen LogP contribution is 2.20. The lowest BCUT2D eigenvalue weighted by atomic mass is 10.3. The number of nitrogens with zero attached hydrogens (tertiary/aromatic N) is 2. The molecule has 0 aliphatic heterocycles. The maximum atomic E-state index is 5.78. The first-order valence-electron chi connectivity index (χ1n) is 5.57. The van der Waals surface area contributed by atoms with Crippen LogP contribution in [-0.2, 0) is 0 Å². The lowest BCUT2D eigenvalue weighted by Gasteiger charge is -2.07. The van der Waals surface area contributed by atoms with E-state index < -0.39 is 0 Å². The van der Waals surface area contributed by atoms with Gasteiger partial charge in [0.05, 0.1) is 17.6 Å². The first-order chi connectivity index (χ1) is 8.31. The first kappa shape index (κ1) is 11.4. The third-order valence-electron chi connectivity index (χ3n) is 2.36. The van der Waals surface area contributed by atoms with Crippen molar-refractivity contribution in [1.82, 2.24) is 9.97 Å². The van der Waals surface area contributed by atoms with Gasteiger partial charge in [-0.2, -0.15) is 0 Å². The van der Waals surface area contributed by atoms with Crippen molar-refractivity contribution < 1.29 is 4.74 Å². The summed E-state index contributed by atoms with van der Waals surface area (Å²) in [4.78, 5) is 8.58. The van der Waals surface area contributed by atoms with Gasteiger partial charge in [0.15, 0.2) is 5.82 Å². The summed E-state index contributed by atoms with van der Waals surface area (Å²) in [7, 11) is 0. The van der Waals surface area contributed by atoms with E-state index in [4.69, 9.17) is 10.5 Å². The summed E-state index contributed by atoms with van der Waals surface area (Å²) in [6.45, 7) is 4.23. The summed E-state index contributed by atoms with van der Waals surface area (Å²) in [5.41, 5.74) is 7.36. The van der Waals surface area contributed by atoms with Crippen molar-refractivity contribution in [2.24, 2.45) is 0 Å². The Balaban J connectivity index is 2.16. The lowest BCUT2D eigenvalue weighted by molar-refractivity contribution is 0.302. The number of rotatable bonds is 5. The van der Waals surface area contributed by atoms with Gasteiger partial charge in [0, 0.05) is 0 Å². The third-order valence-corrected chi connectivity index (χ3v) is 2.36. The van der Waals surface area contributed by atoms with E-state index in [-0.39, 0.29) is 0 Å². The predicted molar refractivity (Wildman–Crippen MR) is 68.9 cm³/mol. The van der Waals surface area contributed by atoms with E-state index in [0.29, 0.717) is 18.3 Å². The minimum absolute atomic E-state index is 0.335. The molecule has 0 saturated heterocycles. The number of aromatic nitrogens is 2. The minimum Gasteiger partial charge on any atom is -0.475 e. The van der Waals surface area contributed by atoms with Crippen LogP contribution in [0.4, 0.5) is 5.82 Å². The highest BCUT2D eigenvalue weighted by molar-refractivity contribution is 5.76. The Morgan fingerprint density at radius 1 is 1.24 bits per heavy atom. The standard InChI is InChI=1S/C13H15N3O/c1-2-3-6-9-17-13-12(14)15-10-7-4-5-8-11(10)16-13/h2,4-5,7-8H,1,3,6,9H2,(H2,14,15). The van der Waals surface area contributed by atoms with Gasteiger partial charge >= 0.3 is 0 Å². The SMILES string of the molecule is C=CCCCOc1nc2ccccc2nc1N. The fourth-order valence-electron chi connectivity index (χ4n) is 1.50. The van der Waals surface area contributed by atoms with Crippen LogP contribution in [0.5, 0.6) is 5.88 Å². The molecular weight excluding hydrogens is 214 g/mol. The van der Waals surface area contributed by atoms with Crippen molar-refractivity contribution in [3.8, 4) is 5.88 Å². The molecule has 4 nitrogen and oxygen atoms in total. The molecule has 0 bridgehead atoms. The molecule has 2 N–H and O–H groups in total. The Bertz CT molecular complexity index is 525. The Labute approximate surface area is 100 Å². The number of unbranched alkanes of at least 4 members (excludes halogenated alkanes) is 1. The molecule has 0 spiro atoms. The van der Waals surface area contributed by atoms with Gasteiger partial charge in [-0.25, -0.2) is 9.97 Å². The monoisotopic (exact) mass is 229 g/mol. The van der Waals surface area contributed by atoms with Crippen molar-refractivity contribution in [2.45, 2.75) is 12.8 Å².